The van der Waals surface area contributed by atoms with Crippen LogP contribution in [0.3, 0.4) is 0 Å². The number of hydrogen-bond acceptors (Lipinski definition) is 3. The molecule has 1 heterocycles. The Hall–Kier alpha value is -0.880. The minimum atomic E-state index is -0.204. The van der Waals surface area contributed by atoms with Crippen LogP contribution < -0.4 is 11.3 Å². The van der Waals surface area contributed by atoms with Gasteiger partial charge in [-0.05, 0) is 38.0 Å². The number of aryl methyl sites for hydroxylation is 1. The number of rotatable bonds is 4. The Morgan fingerprint density at radius 1 is 1.40 bits per heavy atom. The summed E-state index contributed by atoms with van der Waals surface area (Å²) in [6.45, 7) is 6.17. The van der Waals surface area contributed by atoms with E-state index in [0.29, 0.717) is 5.02 Å². The molecule has 0 aliphatic heterocycles. The Morgan fingerprint density at radius 2 is 2.10 bits per heavy atom. The first-order valence-corrected chi connectivity index (χ1v) is 7.58. The Labute approximate surface area is 132 Å². The van der Waals surface area contributed by atoms with E-state index in [1.807, 2.05) is 29.8 Å². The number of nitrogens with zero attached hydrogens (tertiary/aromatic N) is 2. The molecule has 0 saturated heterocycles. The van der Waals surface area contributed by atoms with Gasteiger partial charge >= 0.3 is 0 Å². The fraction of sp³-hybridized carbons (Fsp3) is 0.357. The summed E-state index contributed by atoms with van der Waals surface area (Å²) in [7, 11) is 0. The molecule has 1 aromatic carbocycles. The average molecular weight is 358 g/mol. The normalized spacial score (nSPS) is 12.9. The number of hydrazine groups is 1. The minimum absolute atomic E-state index is 0.204. The molecule has 6 heteroatoms. The van der Waals surface area contributed by atoms with Gasteiger partial charge in [-0.3, -0.25) is 10.5 Å². The molecule has 4 nitrogen and oxygen atoms in total. The molecule has 0 aliphatic carbocycles. The van der Waals surface area contributed by atoms with Crippen molar-refractivity contribution in [3.8, 4) is 0 Å². The maximum Gasteiger partial charge on any atom is 0.0894 e. The van der Waals surface area contributed by atoms with Crippen LogP contribution in [-0.4, -0.2) is 9.78 Å². The zero-order valence-electron chi connectivity index (χ0n) is 11.7. The van der Waals surface area contributed by atoms with E-state index in [4.69, 9.17) is 17.4 Å². The van der Waals surface area contributed by atoms with Crippen LogP contribution in [0, 0.1) is 6.92 Å². The predicted molar refractivity (Wildman–Crippen MR) is 85.7 cm³/mol. The number of benzene rings is 1. The van der Waals surface area contributed by atoms with Crippen molar-refractivity contribution >= 4 is 27.5 Å². The van der Waals surface area contributed by atoms with Crippen molar-refractivity contribution in [2.75, 3.05) is 0 Å². The fourth-order valence-corrected chi connectivity index (χ4v) is 2.79. The summed E-state index contributed by atoms with van der Waals surface area (Å²) in [5.41, 5.74) is 5.92. The largest absolute Gasteiger partial charge is 0.271 e. The van der Waals surface area contributed by atoms with Crippen LogP contribution in [0.5, 0.6) is 0 Å². The lowest BCUT2D eigenvalue weighted by atomic mass is 10.0. The van der Waals surface area contributed by atoms with Gasteiger partial charge in [-0.15, -0.1) is 0 Å². The fourth-order valence-electron chi connectivity index (χ4n) is 2.15. The Bertz CT molecular complexity index is 609. The molecular formula is C14H18BrClN4. The molecule has 1 aromatic heterocycles. The Morgan fingerprint density at radius 3 is 2.65 bits per heavy atom. The van der Waals surface area contributed by atoms with E-state index in [-0.39, 0.29) is 12.1 Å². The van der Waals surface area contributed by atoms with Crippen molar-refractivity contribution < 1.29 is 0 Å². The van der Waals surface area contributed by atoms with Crippen molar-refractivity contribution in [1.82, 2.24) is 15.2 Å². The lowest BCUT2D eigenvalue weighted by Crippen LogP contribution is -2.31. The zero-order chi connectivity index (χ0) is 14.9. The third-order valence-electron chi connectivity index (χ3n) is 3.25. The van der Waals surface area contributed by atoms with Gasteiger partial charge in [0.15, 0.2) is 0 Å². The highest BCUT2D eigenvalue weighted by molar-refractivity contribution is 9.10. The molecule has 20 heavy (non-hydrogen) atoms. The number of aromatic nitrogens is 2. The van der Waals surface area contributed by atoms with Gasteiger partial charge in [0.1, 0.15) is 0 Å². The third kappa shape index (κ3) is 2.91. The van der Waals surface area contributed by atoms with Gasteiger partial charge in [0.25, 0.3) is 0 Å². The van der Waals surface area contributed by atoms with E-state index in [1.54, 1.807) is 6.20 Å². The second kappa shape index (κ2) is 6.26. The quantitative estimate of drug-likeness (QED) is 0.647. The molecule has 3 N–H and O–H groups in total. The topological polar surface area (TPSA) is 55.9 Å². The highest BCUT2D eigenvalue weighted by atomic mass is 79.9. The zero-order valence-corrected chi connectivity index (χ0v) is 14.0. The average Bonchev–Trinajstić information content (AvgIpc) is 2.77. The van der Waals surface area contributed by atoms with E-state index in [9.17, 15) is 0 Å². The summed E-state index contributed by atoms with van der Waals surface area (Å²) in [6, 6.07) is 6.15. The van der Waals surface area contributed by atoms with Crippen molar-refractivity contribution in [1.29, 1.82) is 0 Å². The SMILES string of the molecule is Cc1ccc(C(NN)c2c(Cl)cnn2C(C)C)cc1Br. The summed E-state index contributed by atoms with van der Waals surface area (Å²) in [6.07, 6.45) is 1.66. The Balaban J connectivity index is 2.52. The molecule has 1 atom stereocenters. The molecule has 0 saturated carbocycles. The van der Waals surface area contributed by atoms with Crippen molar-refractivity contribution in [2.45, 2.75) is 32.9 Å². The third-order valence-corrected chi connectivity index (χ3v) is 4.39. The number of hydrogen-bond donors (Lipinski definition) is 2. The van der Waals surface area contributed by atoms with Crippen LogP contribution in [0.2, 0.25) is 5.02 Å². The number of halogens is 2. The van der Waals surface area contributed by atoms with Crippen LogP contribution in [-0.2, 0) is 0 Å². The van der Waals surface area contributed by atoms with E-state index >= 15 is 0 Å². The van der Waals surface area contributed by atoms with Crippen molar-refractivity contribution in [3.05, 3.63) is 50.7 Å². The van der Waals surface area contributed by atoms with Crippen LogP contribution in [0.15, 0.2) is 28.9 Å². The lowest BCUT2D eigenvalue weighted by molar-refractivity contribution is 0.476. The molecule has 0 radical (unpaired) electrons. The lowest BCUT2D eigenvalue weighted by Gasteiger charge is -2.21. The van der Waals surface area contributed by atoms with Gasteiger partial charge in [0.05, 0.1) is 23.0 Å². The minimum Gasteiger partial charge on any atom is -0.271 e. The monoisotopic (exact) mass is 356 g/mol. The molecule has 0 amide bonds. The number of nitrogens with one attached hydrogen (secondary N) is 1. The first-order chi connectivity index (χ1) is 9.45. The van der Waals surface area contributed by atoms with Crippen LogP contribution in [0.1, 0.15) is 42.8 Å². The van der Waals surface area contributed by atoms with Crippen LogP contribution in [0.4, 0.5) is 0 Å². The standard InChI is InChI=1S/C14H18BrClN4/c1-8(2)20-14(12(16)7-18-20)13(19-17)10-5-4-9(3)11(15)6-10/h4-8,13,19H,17H2,1-3H3. The first-order valence-electron chi connectivity index (χ1n) is 6.40. The summed E-state index contributed by atoms with van der Waals surface area (Å²) in [5.74, 6) is 5.76. The van der Waals surface area contributed by atoms with Gasteiger partial charge in [0.2, 0.25) is 0 Å². The molecule has 0 fully saturated rings. The van der Waals surface area contributed by atoms with E-state index in [1.165, 1.54) is 5.56 Å². The highest BCUT2D eigenvalue weighted by Crippen LogP contribution is 2.31. The van der Waals surface area contributed by atoms with Crippen molar-refractivity contribution in [3.63, 3.8) is 0 Å². The van der Waals surface area contributed by atoms with Gasteiger partial charge in [-0.25, -0.2) is 5.43 Å². The predicted octanol–water partition coefficient (Wildman–Crippen LogP) is 3.74. The summed E-state index contributed by atoms with van der Waals surface area (Å²) in [4.78, 5) is 0. The van der Waals surface area contributed by atoms with Crippen LogP contribution >= 0.6 is 27.5 Å². The summed E-state index contributed by atoms with van der Waals surface area (Å²) in [5, 5.41) is 4.94. The number of nitrogens with two attached hydrogens (primary N) is 1. The Kier molecular flexibility index (Phi) is 4.86. The van der Waals surface area contributed by atoms with Gasteiger partial charge in [0, 0.05) is 10.5 Å². The molecule has 1 unspecified atom stereocenters. The highest BCUT2D eigenvalue weighted by Gasteiger charge is 2.22. The van der Waals surface area contributed by atoms with Gasteiger partial charge < -0.3 is 0 Å². The second-order valence-corrected chi connectivity index (χ2v) is 6.29. The van der Waals surface area contributed by atoms with E-state index < -0.39 is 0 Å². The maximum absolute atomic E-state index is 6.29. The molecule has 2 rings (SSSR count). The van der Waals surface area contributed by atoms with Gasteiger partial charge in [-0.2, -0.15) is 5.10 Å². The van der Waals surface area contributed by atoms with Gasteiger partial charge in [-0.1, -0.05) is 39.7 Å². The molecule has 0 spiro atoms. The molecular weight excluding hydrogens is 340 g/mol. The first kappa shape index (κ1) is 15.5. The summed E-state index contributed by atoms with van der Waals surface area (Å²) < 4.78 is 2.93. The van der Waals surface area contributed by atoms with E-state index in [0.717, 1.165) is 15.7 Å². The molecule has 2 aromatic rings. The van der Waals surface area contributed by atoms with E-state index in [2.05, 4.69) is 40.3 Å². The molecule has 0 aliphatic rings. The summed E-state index contributed by atoms with van der Waals surface area (Å²) >= 11 is 9.84. The van der Waals surface area contributed by atoms with Crippen molar-refractivity contribution in [2.24, 2.45) is 5.84 Å². The maximum atomic E-state index is 6.29. The molecule has 0 bridgehead atoms. The smallest absolute Gasteiger partial charge is 0.0894 e. The molecule has 108 valence electrons. The second-order valence-electron chi connectivity index (χ2n) is 5.02. The van der Waals surface area contributed by atoms with Crippen LogP contribution in [0.25, 0.3) is 0 Å².